The molecule has 0 spiro atoms. The van der Waals surface area contributed by atoms with Crippen LogP contribution in [-0.2, 0) is 16.1 Å². The highest BCUT2D eigenvalue weighted by Crippen LogP contribution is 2.22. The van der Waals surface area contributed by atoms with Gasteiger partial charge in [0.25, 0.3) is 0 Å². The van der Waals surface area contributed by atoms with E-state index < -0.39 is 18.0 Å². The van der Waals surface area contributed by atoms with Crippen molar-refractivity contribution in [3.8, 4) is 0 Å². The van der Waals surface area contributed by atoms with Crippen molar-refractivity contribution in [3.05, 3.63) is 71.8 Å². The van der Waals surface area contributed by atoms with Gasteiger partial charge in [0.1, 0.15) is 6.61 Å². The molecule has 0 bridgehead atoms. The van der Waals surface area contributed by atoms with E-state index in [0.29, 0.717) is 0 Å². The van der Waals surface area contributed by atoms with Crippen LogP contribution in [0.3, 0.4) is 0 Å². The Bertz CT molecular complexity index is 537. The molecule has 0 aliphatic rings. The maximum absolute atomic E-state index is 11.9. The van der Waals surface area contributed by atoms with E-state index in [1.807, 2.05) is 48.5 Å². The fourth-order valence-corrected chi connectivity index (χ4v) is 1.93. The molecule has 0 unspecified atom stereocenters. The molecule has 1 N–H and O–H groups in total. The molecule has 0 fully saturated rings. The van der Waals surface area contributed by atoms with E-state index >= 15 is 0 Å². The molecule has 0 aliphatic heterocycles. The second kappa shape index (κ2) is 6.87. The summed E-state index contributed by atoms with van der Waals surface area (Å²) in [5.74, 6) is -0.994. The molecule has 3 heteroatoms. The lowest BCUT2D eigenvalue weighted by atomic mass is 9.98. The van der Waals surface area contributed by atoms with Gasteiger partial charge in [0.2, 0.25) is 0 Å². The Hall–Kier alpha value is -2.13. The van der Waals surface area contributed by atoms with Gasteiger partial charge in [-0.3, -0.25) is 4.79 Å². The molecule has 2 aromatic rings. The average Bonchev–Trinajstić information content (AvgIpc) is 2.53. The first-order chi connectivity index (χ1) is 9.68. The van der Waals surface area contributed by atoms with Crippen LogP contribution in [0, 0.1) is 5.92 Å². The maximum atomic E-state index is 11.9. The standard InChI is InChI=1S/C17H18O3/c1-13(16(18)15-10-6-3-7-11-15)17(19)20-12-14-8-4-2-5-9-14/h2-11,13,16,18H,12H2,1H3/t13-,16+/m1/s1. The van der Waals surface area contributed by atoms with Crippen molar-refractivity contribution >= 4 is 5.97 Å². The Morgan fingerprint density at radius 1 is 1.05 bits per heavy atom. The van der Waals surface area contributed by atoms with Crippen LogP contribution in [0.25, 0.3) is 0 Å². The molecule has 0 amide bonds. The molecule has 0 heterocycles. The number of benzene rings is 2. The zero-order valence-corrected chi connectivity index (χ0v) is 11.4. The predicted octanol–water partition coefficient (Wildman–Crippen LogP) is 3.10. The Balaban J connectivity index is 1.92. The Labute approximate surface area is 118 Å². The van der Waals surface area contributed by atoms with Crippen LogP contribution in [0.5, 0.6) is 0 Å². The first-order valence-electron chi connectivity index (χ1n) is 6.62. The third-order valence-corrected chi connectivity index (χ3v) is 3.21. The highest BCUT2D eigenvalue weighted by molar-refractivity contribution is 5.73. The number of hydrogen-bond donors (Lipinski definition) is 1. The van der Waals surface area contributed by atoms with E-state index in [4.69, 9.17) is 4.74 Å². The van der Waals surface area contributed by atoms with Crippen molar-refractivity contribution in [2.24, 2.45) is 5.92 Å². The largest absolute Gasteiger partial charge is 0.461 e. The number of esters is 1. The molecule has 2 aromatic carbocycles. The summed E-state index contributed by atoms with van der Waals surface area (Å²) in [5, 5.41) is 10.2. The number of carbonyl (C=O) groups is 1. The van der Waals surface area contributed by atoms with Crippen LogP contribution in [0.4, 0.5) is 0 Å². The number of hydrogen-bond acceptors (Lipinski definition) is 3. The molecular formula is C17H18O3. The zero-order chi connectivity index (χ0) is 14.4. The van der Waals surface area contributed by atoms with Crippen LogP contribution in [0.2, 0.25) is 0 Å². The van der Waals surface area contributed by atoms with Gasteiger partial charge in [0.15, 0.2) is 0 Å². The second-order valence-corrected chi connectivity index (χ2v) is 4.74. The van der Waals surface area contributed by atoms with Crippen molar-refractivity contribution in [2.45, 2.75) is 19.6 Å². The number of aliphatic hydroxyl groups excluding tert-OH is 1. The number of aliphatic hydroxyl groups is 1. The quantitative estimate of drug-likeness (QED) is 0.849. The molecule has 2 atom stereocenters. The van der Waals surface area contributed by atoms with Gasteiger partial charge in [-0.25, -0.2) is 0 Å². The number of rotatable bonds is 5. The van der Waals surface area contributed by atoms with Gasteiger partial charge in [-0.05, 0) is 18.1 Å². The van der Waals surface area contributed by atoms with Crippen LogP contribution in [0.15, 0.2) is 60.7 Å². The minimum absolute atomic E-state index is 0.228. The maximum Gasteiger partial charge on any atom is 0.311 e. The number of ether oxygens (including phenoxy) is 1. The molecular weight excluding hydrogens is 252 g/mol. The highest BCUT2D eigenvalue weighted by atomic mass is 16.5. The summed E-state index contributed by atoms with van der Waals surface area (Å²) in [6.07, 6.45) is -0.848. The molecule has 20 heavy (non-hydrogen) atoms. The van der Waals surface area contributed by atoms with E-state index in [1.54, 1.807) is 19.1 Å². The normalized spacial score (nSPS) is 13.5. The van der Waals surface area contributed by atoms with Crippen LogP contribution in [0.1, 0.15) is 24.2 Å². The van der Waals surface area contributed by atoms with E-state index in [2.05, 4.69) is 0 Å². The first-order valence-corrected chi connectivity index (χ1v) is 6.62. The highest BCUT2D eigenvalue weighted by Gasteiger charge is 2.24. The SMILES string of the molecule is C[C@@H](C(=O)OCc1ccccc1)[C@H](O)c1ccccc1. The van der Waals surface area contributed by atoms with E-state index in [-0.39, 0.29) is 6.61 Å². The Morgan fingerprint density at radius 2 is 1.60 bits per heavy atom. The van der Waals surface area contributed by atoms with Crippen LogP contribution >= 0.6 is 0 Å². The monoisotopic (exact) mass is 270 g/mol. The minimum atomic E-state index is -0.848. The van der Waals surface area contributed by atoms with Gasteiger partial charge in [0.05, 0.1) is 12.0 Å². The lowest BCUT2D eigenvalue weighted by Gasteiger charge is -2.18. The Kier molecular flexibility index (Phi) is 4.91. The summed E-state index contributed by atoms with van der Waals surface area (Å²) in [6, 6.07) is 18.6. The van der Waals surface area contributed by atoms with E-state index in [1.165, 1.54) is 0 Å². The lowest BCUT2D eigenvalue weighted by Crippen LogP contribution is -2.21. The molecule has 2 rings (SSSR count). The van der Waals surface area contributed by atoms with Gasteiger partial charge in [-0.15, -0.1) is 0 Å². The fourth-order valence-electron chi connectivity index (χ4n) is 1.93. The van der Waals surface area contributed by atoms with Gasteiger partial charge >= 0.3 is 5.97 Å². The van der Waals surface area contributed by atoms with Gasteiger partial charge in [-0.2, -0.15) is 0 Å². The molecule has 0 aliphatic carbocycles. The fraction of sp³-hybridized carbons (Fsp3) is 0.235. The Morgan fingerprint density at radius 3 is 2.20 bits per heavy atom. The van der Waals surface area contributed by atoms with Crippen molar-refractivity contribution in [3.63, 3.8) is 0 Å². The number of carbonyl (C=O) groups excluding carboxylic acids is 1. The van der Waals surface area contributed by atoms with Gasteiger partial charge in [-0.1, -0.05) is 60.7 Å². The van der Waals surface area contributed by atoms with Crippen molar-refractivity contribution in [1.29, 1.82) is 0 Å². The predicted molar refractivity (Wildman–Crippen MR) is 76.8 cm³/mol. The molecule has 104 valence electrons. The summed E-state index contributed by atoms with van der Waals surface area (Å²) in [6.45, 7) is 1.90. The van der Waals surface area contributed by atoms with Crippen molar-refractivity contribution in [1.82, 2.24) is 0 Å². The average molecular weight is 270 g/mol. The molecule has 0 saturated heterocycles. The second-order valence-electron chi connectivity index (χ2n) is 4.74. The third-order valence-electron chi connectivity index (χ3n) is 3.21. The molecule has 0 radical (unpaired) electrons. The topological polar surface area (TPSA) is 46.5 Å². The van der Waals surface area contributed by atoms with Gasteiger partial charge in [0, 0.05) is 0 Å². The summed E-state index contributed by atoms with van der Waals surface area (Å²) in [4.78, 5) is 11.9. The van der Waals surface area contributed by atoms with Crippen LogP contribution in [-0.4, -0.2) is 11.1 Å². The smallest absolute Gasteiger partial charge is 0.311 e. The summed E-state index contributed by atoms with van der Waals surface area (Å²) in [5.41, 5.74) is 1.65. The first kappa shape index (κ1) is 14.3. The third kappa shape index (κ3) is 3.68. The van der Waals surface area contributed by atoms with E-state index in [9.17, 15) is 9.90 Å². The minimum Gasteiger partial charge on any atom is -0.461 e. The van der Waals surface area contributed by atoms with E-state index in [0.717, 1.165) is 11.1 Å². The molecule has 0 aromatic heterocycles. The van der Waals surface area contributed by atoms with Gasteiger partial charge < -0.3 is 9.84 Å². The lowest BCUT2D eigenvalue weighted by molar-refractivity contribution is -0.153. The van der Waals surface area contributed by atoms with Crippen molar-refractivity contribution < 1.29 is 14.6 Å². The zero-order valence-electron chi connectivity index (χ0n) is 11.4. The van der Waals surface area contributed by atoms with Crippen molar-refractivity contribution in [2.75, 3.05) is 0 Å². The summed E-state index contributed by atoms with van der Waals surface area (Å²) >= 11 is 0. The molecule has 3 nitrogen and oxygen atoms in total. The summed E-state index contributed by atoms with van der Waals surface area (Å²) in [7, 11) is 0. The summed E-state index contributed by atoms with van der Waals surface area (Å²) < 4.78 is 5.23. The van der Waals surface area contributed by atoms with Crippen LogP contribution < -0.4 is 0 Å². The molecule has 0 saturated carbocycles.